The molecule has 2 aliphatic heterocycles. The molecule has 0 fully saturated rings. The Morgan fingerprint density at radius 3 is 2.74 bits per heavy atom. The maximum Gasteiger partial charge on any atom is 0.259 e. The van der Waals surface area contributed by atoms with E-state index in [0.29, 0.717) is 49.0 Å². The van der Waals surface area contributed by atoms with Crippen LogP contribution >= 0.6 is 0 Å². The zero-order chi connectivity index (χ0) is 21.8. The molecule has 0 unspecified atom stereocenters. The van der Waals surface area contributed by atoms with Crippen LogP contribution in [0.25, 0.3) is 5.57 Å². The van der Waals surface area contributed by atoms with Crippen molar-refractivity contribution < 1.29 is 9.59 Å². The Morgan fingerprint density at radius 1 is 1.03 bits per heavy atom. The number of anilines is 3. The maximum absolute atomic E-state index is 12.5. The number of likely N-dealkylation sites (N-methyl/N-ethyl adjacent to an activating group) is 2. The monoisotopic (exact) mass is 421 g/mol. The smallest absolute Gasteiger partial charge is 0.259 e. The van der Waals surface area contributed by atoms with Crippen LogP contribution in [0, 0.1) is 0 Å². The maximum atomic E-state index is 12.5. The van der Waals surface area contributed by atoms with Gasteiger partial charge in [-0.1, -0.05) is 12.1 Å². The molecule has 162 valence electrons. The topological polar surface area (TPSA) is 102 Å². The molecule has 1 aromatic heterocycles. The Labute approximate surface area is 181 Å². The van der Waals surface area contributed by atoms with Crippen molar-refractivity contribution in [3.8, 4) is 0 Å². The lowest BCUT2D eigenvalue weighted by Crippen LogP contribution is -2.37. The number of benzene rings is 1. The molecule has 0 spiro atoms. The summed E-state index contributed by atoms with van der Waals surface area (Å²) in [6.07, 6.45) is 4.88. The standard InChI is InChI=1S/C22H27N7O2/c1-28-12-15-6-5-7-16(10-15)24-11-17-19-20(25-14-26-21(19)27-22(17)31)23-8-3-4-9-29(2)18(30)13-28/h5-7,10-11,14,24H,3-4,8-9,12-13H2,1-2H3,(H2,23,25,26,27,31)/b17-11-. The minimum absolute atomic E-state index is 0.108. The van der Waals surface area contributed by atoms with E-state index in [1.807, 2.05) is 43.3 Å². The number of hydrogen-bond acceptors (Lipinski definition) is 7. The first kappa shape index (κ1) is 20.8. The summed E-state index contributed by atoms with van der Waals surface area (Å²) in [7, 11) is 3.79. The molecule has 0 radical (unpaired) electrons. The Kier molecular flexibility index (Phi) is 6.13. The fourth-order valence-corrected chi connectivity index (χ4v) is 3.74. The third-order valence-electron chi connectivity index (χ3n) is 5.40. The van der Waals surface area contributed by atoms with Crippen LogP contribution < -0.4 is 16.0 Å². The van der Waals surface area contributed by atoms with Crippen LogP contribution in [0.2, 0.25) is 0 Å². The molecule has 0 saturated carbocycles. The van der Waals surface area contributed by atoms with Gasteiger partial charge in [-0.05, 0) is 37.6 Å². The molecule has 9 heteroatoms. The number of aromatic nitrogens is 2. The number of carbonyl (C=O) groups excluding carboxylic acids is 2. The molecule has 2 bridgehead atoms. The van der Waals surface area contributed by atoms with Gasteiger partial charge in [-0.15, -0.1) is 0 Å². The van der Waals surface area contributed by atoms with Crippen LogP contribution in [0.3, 0.4) is 0 Å². The fourth-order valence-electron chi connectivity index (χ4n) is 3.74. The highest BCUT2D eigenvalue weighted by Crippen LogP contribution is 2.34. The molecule has 4 rings (SSSR count). The van der Waals surface area contributed by atoms with Gasteiger partial charge in [-0.2, -0.15) is 0 Å². The van der Waals surface area contributed by atoms with E-state index >= 15 is 0 Å². The van der Waals surface area contributed by atoms with Crippen molar-refractivity contribution in [3.63, 3.8) is 0 Å². The number of fused-ring (bicyclic) bond motifs is 2. The Hall–Kier alpha value is -3.46. The second kappa shape index (κ2) is 9.13. The van der Waals surface area contributed by atoms with Gasteiger partial charge in [0, 0.05) is 38.6 Å². The minimum Gasteiger partial charge on any atom is -0.369 e. The predicted molar refractivity (Wildman–Crippen MR) is 120 cm³/mol. The molecule has 3 heterocycles. The van der Waals surface area contributed by atoms with E-state index in [1.165, 1.54) is 6.33 Å². The third-order valence-corrected chi connectivity index (χ3v) is 5.40. The van der Waals surface area contributed by atoms with E-state index in [2.05, 4.69) is 25.9 Å². The first-order valence-electron chi connectivity index (χ1n) is 10.4. The molecular formula is C22H27N7O2. The van der Waals surface area contributed by atoms with Crippen molar-refractivity contribution in [2.75, 3.05) is 49.7 Å². The van der Waals surface area contributed by atoms with Crippen molar-refractivity contribution in [1.29, 1.82) is 0 Å². The Balaban J connectivity index is 1.64. The van der Waals surface area contributed by atoms with Gasteiger partial charge in [0.25, 0.3) is 5.91 Å². The van der Waals surface area contributed by atoms with Gasteiger partial charge >= 0.3 is 0 Å². The summed E-state index contributed by atoms with van der Waals surface area (Å²) in [4.78, 5) is 37.4. The van der Waals surface area contributed by atoms with Gasteiger partial charge in [-0.25, -0.2) is 9.97 Å². The number of amides is 2. The second-order valence-electron chi connectivity index (χ2n) is 7.92. The van der Waals surface area contributed by atoms with Gasteiger partial charge < -0.3 is 20.9 Å². The molecular weight excluding hydrogens is 394 g/mol. The lowest BCUT2D eigenvalue weighted by molar-refractivity contribution is -0.131. The van der Waals surface area contributed by atoms with Crippen molar-refractivity contribution >= 4 is 34.7 Å². The van der Waals surface area contributed by atoms with Crippen LogP contribution in [0.5, 0.6) is 0 Å². The van der Waals surface area contributed by atoms with Crippen LogP contribution in [0.15, 0.2) is 36.8 Å². The molecule has 2 aromatic rings. The lowest BCUT2D eigenvalue weighted by atomic mass is 10.1. The summed E-state index contributed by atoms with van der Waals surface area (Å²) in [5.74, 6) is 1.02. The summed E-state index contributed by atoms with van der Waals surface area (Å²) < 4.78 is 0. The van der Waals surface area contributed by atoms with Crippen LogP contribution in [-0.2, 0) is 16.1 Å². The quantitative estimate of drug-likeness (QED) is 0.598. The van der Waals surface area contributed by atoms with Gasteiger partial charge in [0.2, 0.25) is 5.91 Å². The molecule has 9 nitrogen and oxygen atoms in total. The van der Waals surface area contributed by atoms with Crippen molar-refractivity contribution in [2.45, 2.75) is 19.4 Å². The average molecular weight is 422 g/mol. The zero-order valence-corrected chi connectivity index (χ0v) is 17.8. The predicted octanol–water partition coefficient (Wildman–Crippen LogP) is 1.98. The summed E-state index contributed by atoms with van der Waals surface area (Å²) >= 11 is 0. The van der Waals surface area contributed by atoms with Gasteiger partial charge in [-0.3, -0.25) is 14.5 Å². The zero-order valence-electron chi connectivity index (χ0n) is 17.8. The van der Waals surface area contributed by atoms with E-state index in [9.17, 15) is 9.59 Å². The first-order valence-corrected chi connectivity index (χ1v) is 10.4. The molecule has 1 aromatic carbocycles. The SMILES string of the molecule is CN1CC(=O)N(C)CCCCNc2ncnc3c2/C(=C/Nc2cccc(c2)C1)C(=O)N3. The van der Waals surface area contributed by atoms with E-state index in [0.717, 1.165) is 24.1 Å². The normalized spacial score (nSPS) is 19.8. The van der Waals surface area contributed by atoms with Crippen LogP contribution in [0.1, 0.15) is 24.0 Å². The first-order chi connectivity index (χ1) is 15.0. The average Bonchev–Trinajstić information content (AvgIpc) is 3.07. The van der Waals surface area contributed by atoms with Crippen LogP contribution in [0.4, 0.5) is 17.3 Å². The van der Waals surface area contributed by atoms with E-state index in [-0.39, 0.29) is 11.8 Å². The fraction of sp³-hybridized carbons (Fsp3) is 0.364. The molecule has 2 amide bonds. The molecule has 31 heavy (non-hydrogen) atoms. The largest absolute Gasteiger partial charge is 0.369 e. The highest BCUT2D eigenvalue weighted by atomic mass is 16.2. The summed E-state index contributed by atoms with van der Waals surface area (Å²) in [5, 5.41) is 9.34. The Bertz CT molecular complexity index is 1020. The van der Waals surface area contributed by atoms with E-state index in [1.54, 1.807) is 11.1 Å². The highest BCUT2D eigenvalue weighted by molar-refractivity contribution is 6.32. The van der Waals surface area contributed by atoms with Crippen molar-refractivity contribution in [2.24, 2.45) is 0 Å². The summed E-state index contributed by atoms with van der Waals surface area (Å²) in [5.41, 5.74) is 3.09. The summed E-state index contributed by atoms with van der Waals surface area (Å²) in [6.45, 7) is 2.39. The van der Waals surface area contributed by atoms with Crippen LogP contribution in [-0.4, -0.2) is 65.3 Å². The van der Waals surface area contributed by atoms with E-state index < -0.39 is 0 Å². The second-order valence-corrected chi connectivity index (χ2v) is 7.92. The number of rotatable bonds is 0. The number of hydrogen-bond donors (Lipinski definition) is 3. The lowest BCUT2D eigenvalue weighted by Gasteiger charge is -2.22. The van der Waals surface area contributed by atoms with E-state index in [4.69, 9.17) is 0 Å². The number of nitrogens with zero attached hydrogens (tertiary/aromatic N) is 4. The third kappa shape index (κ3) is 4.83. The molecule has 3 N–H and O–H groups in total. The highest BCUT2D eigenvalue weighted by Gasteiger charge is 2.29. The van der Waals surface area contributed by atoms with Crippen molar-refractivity contribution in [3.05, 3.63) is 47.9 Å². The van der Waals surface area contributed by atoms with Gasteiger partial charge in [0.1, 0.15) is 18.0 Å². The minimum atomic E-state index is -0.212. The molecule has 2 aliphatic rings. The number of carbonyl (C=O) groups is 2. The molecule has 0 saturated heterocycles. The van der Waals surface area contributed by atoms with Gasteiger partial charge in [0.15, 0.2) is 0 Å². The summed E-state index contributed by atoms with van der Waals surface area (Å²) in [6, 6.07) is 7.93. The molecule has 0 aliphatic carbocycles. The molecule has 0 atom stereocenters. The number of nitrogens with one attached hydrogen (secondary N) is 3. The Morgan fingerprint density at radius 2 is 1.87 bits per heavy atom. The van der Waals surface area contributed by atoms with Gasteiger partial charge in [0.05, 0.1) is 17.7 Å². The van der Waals surface area contributed by atoms with Crippen molar-refractivity contribution in [1.82, 2.24) is 19.8 Å².